The fourth-order valence-electron chi connectivity index (χ4n) is 2.54. The molecule has 0 bridgehead atoms. The lowest BCUT2D eigenvalue weighted by Crippen LogP contribution is -2.41. The highest BCUT2D eigenvalue weighted by Gasteiger charge is 2.15. The smallest absolute Gasteiger partial charge is 0.0891 e. The van der Waals surface area contributed by atoms with Crippen molar-refractivity contribution in [2.24, 2.45) is 0 Å². The van der Waals surface area contributed by atoms with Gasteiger partial charge in [0.15, 0.2) is 0 Å². The predicted molar refractivity (Wildman–Crippen MR) is 83.2 cm³/mol. The Hall–Kier alpha value is -0.840. The highest BCUT2D eigenvalue weighted by Crippen LogP contribution is 2.25. The van der Waals surface area contributed by atoms with Gasteiger partial charge >= 0.3 is 0 Å². The quantitative estimate of drug-likeness (QED) is 0.908. The number of hydrogen-bond donors (Lipinski definition) is 1. The molecule has 1 unspecified atom stereocenters. The lowest BCUT2D eigenvalue weighted by atomic mass is 10.1. The van der Waals surface area contributed by atoms with Gasteiger partial charge in [0, 0.05) is 19.1 Å². The monoisotopic (exact) mass is 297 g/mol. The maximum Gasteiger partial charge on any atom is 0.0891 e. The molecule has 0 radical (unpaired) electrons. The third-order valence-corrected chi connectivity index (χ3v) is 3.99. The van der Waals surface area contributed by atoms with Crippen LogP contribution in [0, 0.1) is 0 Å². The van der Waals surface area contributed by atoms with E-state index < -0.39 is 0 Å². The van der Waals surface area contributed by atoms with Crippen LogP contribution >= 0.6 is 11.6 Å². The number of rotatable bonds is 5. The fraction of sp³-hybridized carbons (Fsp3) is 0.667. The van der Waals surface area contributed by atoms with Gasteiger partial charge in [0.1, 0.15) is 0 Å². The van der Waals surface area contributed by atoms with Gasteiger partial charge in [-0.15, -0.1) is 0 Å². The fourth-order valence-corrected chi connectivity index (χ4v) is 2.86. The molecule has 1 fully saturated rings. The Balaban J connectivity index is 2.13. The third-order valence-electron chi connectivity index (χ3n) is 3.58. The molecule has 2 rings (SSSR count). The molecule has 1 aromatic rings. The second kappa shape index (κ2) is 7.25. The Kier molecular flexibility index (Phi) is 5.64. The number of ether oxygens (including phenoxy) is 1. The number of halogens is 1. The average molecular weight is 298 g/mol. The highest BCUT2D eigenvalue weighted by atomic mass is 35.5. The van der Waals surface area contributed by atoms with Crippen molar-refractivity contribution < 1.29 is 4.74 Å². The number of aryl methyl sites for hydroxylation is 2. The first-order valence-electron chi connectivity index (χ1n) is 7.39. The topological polar surface area (TPSA) is 39.1 Å². The molecule has 1 N–H and O–H groups in total. The Morgan fingerprint density at radius 2 is 2.35 bits per heavy atom. The summed E-state index contributed by atoms with van der Waals surface area (Å²) in [5.74, 6) is 0. The van der Waals surface area contributed by atoms with E-state index in [1.165, 1.54) is 5.57 Å². The molecule has 0 aromatic carbocycles. The van der Waals surface area contributed by atoms with Crippen LogP contribution in [0.3, 0.4) is 0 Å². The summed E-state index contributed by atoms with van der Waals surface area (Å²) in [4.78, 5) is 0. The normalized spacial score (nSPS) is 20.4. The largest absolute Gasteiger partial charge is 0.379 e. The van der Waals surface area contributed by atoms with E-state index in [2.05, 4.69) is 37.3 Å². The predicted octanol–water partition coefficient (Wildman–Crippen LogP) is 2.90. The first kappa shape index (κ1) is 15.5. The Morgan fingerprint density at radius 3 is 2.95 bits per heavy atom. The summed E-state index contributed by atoms with van der Waals surface area (Å²) >= 11 is 6.43. The molecule has 1 saturated heterocycles. The van der Waals surface area contributed by atoms with Crippen LogP contribution in [-0.4, -0.2) is 35.6 Å². The number of morpholine rings is 1. The molecule has 1 aliphatic heterocycles. The molecule has 0 spiro atoms. The SMILES string of the molecule is CCc1nn(CC)c(/C=C(/C)CC2COCCN2)c1Cl. The van der Waals surface area contributed by atoms with E-state index >= 15 is 0 Å². The molecule has 5 heteroatoms. The second-order valence-corrected chi connectivity index (χ2v) is 5.61. The lowest BCUT2D eigenvalue weighted by molar-refractivity contribution is 0.0771. The van der Waals surface area contributed by atoms with Crippen molar-refractivity contribution in [1.82, 2.24) is 15.1 Å². The molecule has 20 heavy (non-hydrogen) atoms. The van der Waals surface area contributed by atoms with Crippen molar-refractivity contribution in [3.05, 3.63) is 22.0 Å². The van der Waals surface area contributed by atoms with Gasteiger partial charge < -0.3 is 10.1 Å². The zero-order valence-electron chi connectivity index (χ0n) is 12.6. The molecule has 1 atom stereocenters. The minimum Gasteiger partial charge on any atom is -0.379 e. The van der Waals surface area contributed by atoms with Crippen molar-refractivity contribution >= 4 is 17.7 Å². The molecule has 0 aliphatic carbocycles. The van der Waals surface area contributed by atoms with Crippen LogP contribution < -0.4 is 5.32 Å². The summed E-state index contributed by atoms with van der Waals surface area (Å²) < 4.78 is 7.47. The van der Waals surface area contributed by atoms with Crippen molar-refractivity contribution in [3.63, 3.8) is 0 Å². The summed E-state index contributed by atoms with van der Waals surface area (Å²) in [5.41, 5.74) is 3.30. The van der Waals surface area contributed by atoms with E-state index in [1.807, 2.05) is 4.68 Å². The summed E-state index contributed by atoms with van der Waals surface area (Å²) in [5, 5.41) is 8.81. The minimum atomic E-state index is 0.405. The summed E-state index contributed by atoms with van der Waals surface area (Å²) in [6.07, 6.45) is 4.00. The first-order valence-corrected chi connectivity index (χ1v) is 7.77. The maximum atomic E-state index is 6.43. The van der Waals surface area contributed by atoms with Crippen molar-refractivity contribution in [2.75, 3.05) is 19.8 Å². The third kappa shape index (κ3) is 3.62. The van der Waals surface area contributed by atoms with E-state index in [9.17, 15) is 0 Å². The zero-order chi connectivity index (χ0) is 14.5. The molecule has 0 amide bonds. The molecule has 0 saturated carbocycles. The molecular formula is C15H24ClN3O. The number of hydrogen-bond acceptors (Lipinski definition) is 3. The van der Waals surface area contributed by atoms with Crippen LogP contribution in [0.4, 0.5) is 0 Å². The van der Waals surface area contributed by atoms with Crippen molar-refractivity contribution in [1.29, 1.82) is 0 Å². The van der Waals surface area contributed by atoms with Crippen LogP contribution in [0.25, 0.3) is 6.08 Å². The van der Waals surface area contributed by atoms with Crippen LogP contribution in [0.5, 0.6) is 0 Å². The summed E-state index contributed by atoms with van der Waals surface area (Å²) in [7, 11) is 0. The van der Waals surface area contributed by atoms with Crippen LogP contribution in [0.15, 0.2) is 5.57 Å². The summed E-state index contributed by atoms with van der Waals surface area (Å²) in [6, 6.07) is 0.405. The zero-order valence-corrected chi connectivity index (χ0v) is 13.3. The summed E-state index contributed by atoms with van der Waals surface area (Å²) in [6.45, 7) is 9.68. The van der Waals surface area contributed by atoms with Gasteiger partial charge in [-0.25, -0.2) is 0 Å². The molecular weight excluding hydrogens is 274 g/mol. The van der Waals surface area contributed by atoms with Crippen molar-refractivity contribution in [3.8, 4) is 0 Å². The van der Waals surface area contributed by atoms with Gasteiger partial charge in [-0.3, -0.25) is 4.68 Å². The van der Waals surface area contributed by atoms with Crippen molar-refractivity contribution in [2.45, 2.75) is 46.2 Å². The van der Waals surface area contributed by atoms with Crippen LogP contribution in [-0.2, 0) is 17.7 Å². The molecule has 1 aromatic heterocycles. The molecule has 2 heterocycles. The first-order chi connectivity index (χ1) is 9.65. The standard InChI is InChI=1S/C15H24ClN3O/c1-4-13-15(16)14(19(5-2)18-13)9-11(3)8-12-10-20-7-6-17-12/h9,12,17H,4-8,10H2,1-3H3/b11-9-. The van der Waals surface area contributed by atoms with E-state index in [0.29, 0.717) is 6.04 Å². The second-order valence-electron chi connectivity index (χ2n) is 5.24. The minimum absolute atomic E-state index is 0.405. The number of aromatic nitrogens is 2. The van der Waals surface area contributed by atoms with E-state index in [-0.39, 0.29) is 0 Å². The van der Waals surface area contributed by atoms with E-state index in [0.717, 1.165) is 55.6 Å². The molecule has 112 valence electrons. The Bertz CT molecular complexity index is 476. The van der Waals surface area contributed by atoms with Gasteiger partial charge in [-0.2, -0.15) is 5.10 Å². The van der Waals surface area contributed by atoms with Gasteiger partial charge in [-0.05, 0) is 32.8 Å². The Morgan fingerprint density at radius 1 is 1.55 bits per heavy atom. The van der Waals surface area contributed by atoms with Gasteiger partial charge in [-0.1, -0.05) is 24.1 Å². The van der Waals surface area contributed by atoms with E-state index in [1.54, 1.807) is 0 Å². The average Bonchev–Trinajstić information content (AvgIpc) is 2.76. The maximum absolute atomic E-state index is 6.43. The number of nitrogens with zero attached hydrogens (tertiary/aromatic N) is 2. The van der Waals surface area contributed by atoms with Crippen LogP contribution in [0.2, 0.25) is 5.02 Å². The Labute approximate surface area is 126 Å². The van der Waals surface area contributed by atoms with E-state index in [4.69, 9.17) is 16.3 Å². The van der Waals surface area contributed by atoms with Gasteiger partial charge in [0.25, 0.3) is 0 Å². The van der Waals surface area contributed by atoms with Crippen LogP contribution in [0.1, 0.15) is 38.6 Å². The molecule has 4 nitrogen and oxygen atoms in total. The van der Waals surface area contributed by atoms with Gasteiger partial charge in [0.2, 0.25) is 0 Å². The number of nitrogens with one attached hydrogen (secondary N) is 1. The van der Waals surface area contributed by atoms with Gasteiger partial charge in [0.05, 0.1) is 29.6 Å². The highest BCUT2D eigenvalue weighted by molar-refractivity contribution is 6.32. The lowest BCUT2D eigenvalue weighted by Gasteiger charge is -2.24. The molecule has 1 aliphatic rings.